The van der Waals surface area contributed by atoms with E-state index in [4.69, 9.17) is 5.73 Å². The summed E-state index contributed by atoms with van der Waals surface area (Å²) in [5.74, 6) is -2.25. The number of imidazole rings is 1. The van der Waals surface area contributed by atoms with Crippen LogP contribution < -0.4 is 5.73 Å². The normalized spacial score (nSPS) is 11.1. The maximum absolute atomic E-state index is 13.8. The topological polar surface area (TPSA) is 43.8 Å². The molecule has 1 aromatic heterocycles. The van der Waals surface area contributed by atoms with E-state index >= 15 is 0 Å². The summed E-state index contributed by atoms with van der Waals surface area (Å²) < 4.78 is 41.8. The van der Waals surface area contributed by atoms with Crippen molar-refractivity contribution in [1.82, 2.24) is 9.55 Å². The van der Waals surface area contributed by atoms with Crippen molar-refractivity contribution in [2.24, 2.45) is 0 Å². The predicted octanol–water partition coefficient (Wildman–Crippen LogP) is 3.52. The number of aryl methyl sites for hydroxylation is 1. The first-order valence-electron chi connectivity index (χ1n) is 6.49. The number of anilines is 1. The first-order chi connectivity index (χ1) is 9.49. The molecule has 0 aliphatic carbocycles. The molecule has 0 amide bonds. The first kappa shape index (κ1) is 14.4. The molecule has 0 saturated heterocycles. The summed E-state index contributed by atoms with van der Waals surface area (Å²) in [7, 11) is 0. The Morgan fingerprint density at radius 2 is 1.75 bits per heavy atom. The van der Waals surface area contributed by atoms with Gasteiger partial charge in [-0.25, -0.2) is 18.2 Å². The first-order valence-corrected chi connectivity index (χ1v) is 6.49. The molecule has 0 bridgehead atoms. The van der Waals surface area contributed by atoms with Crippen LogP contribution in [0.15, 0.2) is 12.1 Å². The molecule has 2 N–H and O–H groups in total. The Balaban J connectivity index is 2.61. The third-order valence-electron chi connectivity index (χ3n) is 3.14. The Morgan fingerprint density at radius 1 is 1.10 bits per heavy atom. The number of rotatable bonds is 4. The lowest BCUT2D eigenvalue weighted by Gasteiger charge is -2.06. The fraction of sp³-hybridized carbons (Fsp3) is 0.357. The minimum absolute atomic E-state index is 0.119. The van der Waals surface area contributed by atoms with E-state index in [1.165, 1.54) is 0 Å². The molecule has 2 rings (SSSR count). The van der Waals surface area contributed by atoms with E-state index in [-0.39, 0.29) is 17.1 Å². The fourth-order valence-corrected chi connectivity index (χ4v) is 2.18. The number of aromatic nitrogens is 2. The van der Waals surface area contributed by atoms with Crippen molar-refractivity contribution in [3.8, 4) is 11.3 Å². The Labute approximate surface area is 115 Å². The molecule has 0 saturated carbocycles. The van der Waals surface area contributed by atoms with E-state index < -0.39 is 17.5 Å². The zero-order valence-corrected chi connectivity index (χ0v) is 11.4. The van der Waals surface area contributed by atoms with Gasteiger partial charge in [-0.15, -0.1) is 0 Å². The van der Waals surface area contributed by atoms with Crippen molar-refractivity contribution in [1.29, 1.82) is 0 Å². The lowest BCUT2D eigenvalue weighted by Crippen LogP contribution is -2.05. The third-order valence-corrected chi connectivity index (χ3v) is 3.14. The van der Waals surface area contributed by atoms with E-state index in [2.05, 4.69) is 4.98 Å². The Morgan fingerprint density at radius 3 is 2.35 bits per heavy atom. The molecule has 0 atom stereocenters. The largest absolute Gasteiger partial charge is 0.383 e. The van der Waals surface area contributed by atoms with Crippen LogP contribution in [0.1, 0.15) is 26.1 Å². The SMILES string of the molecule is CCCc1nc(-c2cc(F)c(F)cc2F)c(N)n1CC. The highest BCUT2D eigenvalue weighted by Crippen LogP contribution is 2.30. The third kappa shape index (κ3) is 2.37. The minimum atomic E-state index is -1.23. The summed E-state index contributed by atoms with van der Waals surface area (Å²) in [4.78, 5) is 4.28. The van der Waals surface area contributed by atoms with Gasteiger partial charge >= 0.3 is 0 Å². The molecule has 0 unspecified atom stereocenters. The maximum Gasteiger partial charge on any atom is 0.161 e. The van der Waals surface area contributed by atoms with Crippen molar-refractivity contribution in [3.63, 3.8) is 0 Å². The van der Waals surface area contributed by atoms with E-state index in [1.54, 1.807) is 4.57 Å². The molecule has 6 heteroatoms. The van der Waals surface area contributed by atoms with E-state index in [0.717, 1.165) is 12.5 Å². The molecular formula is C14H16F3N3. The van der Waals surface area contributed by atoms with Gasteiger partial charge in [0.05, 0.1) is 0 Å². The lowest BCUT2D eigenvalue weighted by molar-refractivity contribution is 0.496. The number of nitrogen functional groups attached to an aromatic ring is 1. The molecule has 0 spiro atoms. The average molecular weight is 283 g/mol. The van der Waals surface area contributed by atoms with E-state index in [1.807, 2.05) is 13.8 Å². The molecule has 0 radical (unpaired) electrons. The summed E-state index contributed by atoms with van der Waals surface area (Å²) in [5, 5.41) is 0. The molecule has 0 aliphatic heterocycles. The molecule has 0 fully saturated rings. The van der Waals surface area contributed by atoms with Gasteiger partial charge in [0.25, 0.3) is 0 Å². The van der Waals surface area contributed by atoms with Gasteiger partial charge in [-0.05, 0) is 19.4 Å². The highest BCUT2D eigenvalue weighted by Gasteiger charge is 2.19. The van der Waals surface area contributed by atoms with Crippen molar-refractivity contribution in [3.05, 3.63) is 35.4 Å². The number of halogens is 3. The summed E-state index contributed by atoms with van der Waals surface area (Å²) in [6.45, 7) is 4.46. The number of hydrogen-bond donors (Lipinski definition) is 1. The highest BCUT2D eigenvalue weighted by molar-refractivity contribution is 5.71. The van der Waals surface area contributed by atoms with Gasteiger partial charge in [0.15, 0.2) is 11.6 Å². The quantitative estimate of drug-likeness (QED) is 0.872. The number of benzene rings is 1. The highest BCUT2D eigenvalue weighted by atomic mass is 19.2. The zero-order valence-electron chi connectivity index (χ0n) is 11.4. The minimum Gasteiger partial charge on any atom is -0.383 e. The number of hydrogen-bond acceptors (Lipinski definition) is 2. The van der Waals surface area contributed by atoms with Gasteiger partial charge in [0, 0.05) is 24.6 Å². The van der Waals surface area contributed by atoms with Crippen LogP contribution in [0, 0.1) is 17.5 Å². The van der Waals surface area contributed by atoms with Crippen molar-refractivity contribution in [2.45, 2.75) is 33.2 Å². The summed E-state index contributed by atoms with van der Waals surface area (Å²) >= 11 is 0. The Kier molecular flexibility index (Phi) is 4.01. The number of nitrogens with zero attached hydrogens (tertiary/aromatic N) is 2. The van der Waals surface area contributed by atoms with Gasteiger partial charge in [0.2, 0.25) is 0 Å². The van der Waals surface area contributed by atoms with Crippen LogP contribution in [-0.4, -0.2) is 9.55 Å². The van der Waals surface area contributed by atoms with E-state index in [0.29, 0.717) is 24.9 Å². The molecule has 108 valence electrons. The smallest absolute Gasteiger partial charge is 0.161 e. The lowest BCUT2D eigenvalue weighted by atomic mass is 10.1. The second kappa shape index (κ2) is 5.56. The second-order valence-electron chi connectivity index (χ2n) is 4.50. The molecular weight excluding hydrogens is 267 g/mol. The van der Waals surface area contributed by atoms with Crippen LogP contribution in [0.5, 0.6) is 0 Å². The molecule has 20 heavy (non-hydrogen) atoms. The van der Waals surface area contributed by atoms with Gasteiger partial charge in [-0.1, -0.05) is 6.92 Å². The van der Waals surface area contributed by atoms with Crippen LogP contribution in [0.3, 0.4) is 0 Å². The molecule has 1 heterocycles. The van der Waals surface area contributed by atoms with Gasteiger partial charge in [0.1, 0.15) is 23.2 Å². The molecule has 1 aromatic carbocycles. The number of nitrogens with two attached hydrogens (primary N) is 1. The fourth-order valence-electron chi connectivity index (χ4n) is 2.18. The standard InChI is InChI=1S/C14H16F3N3/c1-3-5-12-19-13(14(18)20(12)4-2)8-6-10(16)11(17)7-9(8)15/h6-7H,3-5,18H2,1-2H3. The maximum atomic E-state index is 13.8. The average Bonchev–Trinajstić information content (AvgIpc) is 2.71. The monoisotopic (exact) mass is 283 g/mol. The van der Waals surface area contributed by atoms with Gasteiger partial charge in [-0.2, -0.15) is 0 Å². The van der Waals surface area contributed by atoms with Gasteiger partial charge < -0.3 is 10.3 Å². The van der Waals surface area contributed by atoms with Crippen molar-refractivity contribution < 1.29 is 13.2 Å². The Hall–Kier alpha value is -1.98. The predicted molar refractivity (Wildman–Crippen MR) is 71.6 cm³/mol. The summed E-state index contributed by atoms with van der Waals surface area (Å²) in [6, 6.07) is 1.30. The van der Waals surface area contributed by atoms with E-state index in [9.17, 15) is 13.2 Å². The Bertz CT molecular complexity index is 635. The second-order valence-corrected chi connectivity index (χ2v) is 4.50. The van der Waals surface area contributed by atoms with Crippen LogP contribution in [0.2, 0.25) is 0 Å². The van der Waals surface area contributed by atoms with Crippen molar-refractivity contribution in [2.75, 3.05) is 5.73 Å². The zero-order chi connectivity index (χ0) is 14.9. The summed E-state index contributed by atoms with van der Waals surface area (Å²) in [6.07, 6.45) is 1.54. The van der Waals surface area contributed by atoms with Crippen molar-refractivity contribution >= 4 is 5.82 Å². The molecule has 3 nitrogen and oxygen atoms in total. The molecule has 0 aliphatic rings. The van der Waals surface area contributed by atoms with Crippen LogP contribution in [-0.2, 0) is 13.0 Å². The van der Waals surface area contributed by atoms with Gasteiger partial charge in [-0.3, -0.25) is 0 Å². The van der Waals surface area contributed by atoms with Crippen LogP contribution in [0.4, 0.5) is 19.0 Å². The summed E-state index contributed by atoms with van der Waals surface area (Å²) in [5.41, 5.74) is 5.99. The van der Waals surface area contributed by atoms with Crippen LogP contribution >= 0.6 is 0 Å². The molecule has 2 aromatic rings. The van der Waals surface area contributed by atoms with Crippen LogP contribution in [0.25, 0.3) is 11.3 Å².